The van der Waals surface area contributed by atoms with Crippen molar-refractivity contribution in [2.75, 3.05) is 26.3 Å². The average molecular weight is 1830 g/mol. The molecule has 10 aromatic heterocycles. The Balaban J connectivity index is 0.000000123. The van der Waals surface area contributed by atoms with Gasteiger partial charge in [0, 0.05) is 90.7 Å². The van der Waals surface area contributed by atoms with E-state index in [2.05, 4.69) is 70.3 Å². The van der Waals surface area contributed by atoms with Crippen molar-refractivity contribution in [2.24, 2.45) is 5.92 Å². The van der Waals surface area contributed by atoms with Gasteiger partial charge in [0.25, 0.3) is 22.2 Å². The van der Waals surface area contributed by atoms with Gasteiger partial charge in [0.2, 0.25) is 29.7 Å². The van der Waals surface area contributed by atoms with Crippen LogP contribution in [0.25, 0.3) is 113 Å². The molecule has 0 aliphatic carbocycles. The first-order valence-corrected chi connectivity index (χ1v) is 42.7. The van der Waals surface area contributed by atoms with E-state index in [1.807, 2.05) is 105 Å². The molecule has 12 heterocycles. The lowest BCUT2D eigenvalue weighted by Crippen LogP contribution is -2.37. The third-order valence-corrected chi connectivity index (χ3v) is 23.7. The van der Waals surface area contributed by atoms with Gasteiger partial charge in [-0.3, -0.25) is 54.0 Å². The molecule has 18 aromatic rings. The second-order valence-corrected chi connectivity index (χ2v) is 32.6. The van der Waals surface area contributed by atoms with Gasteiger partial charge < -0.3 is 29.6 Å². The molecular formula is C95H83ClF10N20O6. The zero-order chi connectivity index (χ0) is 92.4. The van der Waals surface area contributed by atoms with Gasteiger partial charge in [-0.05, 0) is 227 Å². The maximum Gasteiger partial charge on any atom is 0.416 e. The number of fused-ring (bicyclic) bond motifs is 4. The van der Waals surface area contributed by atoms with Gasteiger partial charge in [-0.25, -0.2) is 24.3 Å². The molecule has 0 atom stereocenters. The van der Waals surface area contributed by atoms with Gasteiger partial charge in [-0.2, -0.15) is 63.3 Å². The van der Waals surface area contributed by atoms with E-state index >= 15 is 0 Å². The Morgan fingerprint density at radius 1 is 0.447 bits per heavy atom. The van der Waals surface area contributed by atoms with Crippen LogP contribution in [0.4, 0.5) is 43.9 Å². The molecule has 2 saturated heterocycles. The summed E-state index contributed by atoms with van der Waals surface area (Å²) in [7, 11) is 0. The van der Waals surface area contributed by atoms with Crippen LogP contribution in [0.15, 0.2) is 238 Å². The third kappa shape index (κ3) is 19.5. The van der Waals surface area contributed by atoms with Gasteiger partial charge >= 0.3 is 18.5 Å². The second kappa shape index (κ2) is 37.3. The van der Waals surface area contributed by atoms with Crippen LogP contribution in [-0.4, -0.2) is 131 Å². The van der Waals surface area contributed by atoms with E-state index in [0.29, 0.717) is 184 Å². The van der Waals surface area contributed by atoms with Crippen molar-refractivity contribution in [3.8, 4) is 68.8 Å². The highest BCUT2D eigenvalue weighted by Crippen LogP contribution is 2.39. The zero-order valence-corrected chi connectivity index (χ0v) is 71.6. The summed E-state index contributed by atoms with van der Waals surface area (Å²) in [6.07, 6.45) is -3.96. The number of carbonyl (C=O) groups excluding carboxylic acids is 1. The summed E-state index contributed by atoms with van der Waals surface area (Å²) in [6.45, 7) is 8.18. The molecule has 1 amide bonds. The number of carbonyl (C=O) groups is 1. The minimum absolute atomic E-state index is 0.0184. The number of nitrogens with one attached hydrogen (secondary N) is 8. The number of pyridine rings is 1. The lowest BCUT2D eigenvalue weighted by Gasteiger charge is -2.31. The number of alkyl halides is 9. The molecule has 676 valence electrons. The van der Waals surface area contributed by atoms with E-state index in [0.717, 1.165) is 100 Å². The SMILES string of the molecule is CC(=O)N1CCC(c2c(-c3ccc(C(F)(F)F)cc3)[nH]n(-c3nc4ccccc4[nH]3)c2=O)CC1.Cc1ccc(-c2[nH]n(-c3nc4ccccc4[nH]3)c(=O)c2CCc2ccc(F)cc2)cn1.Cc1ccn(CCc2c(-c3ccc(C(F)(F)F)cc3)[nH]n(-c3nc4ccc(Cl)cc4[nH]3)c2=O)n1.O=c1c(CCC2CCOCC2)c(-c2ccc(C(F)(F)F)cc2)[nH]n1-c1nc2ccccc2[nH]1. The number of hydrogen-bond acceptors (Lipinski definition) is 12. The van der Waals surface area contributed by atoms with Gasteiger partial charge in [0.15, 0.2) is 0 Å². The second-order valence-electron chi connectivity index (χ2n) is 32.2. The topological polar surface area (TPSA) is 326 Å². The molecule has 20 rings (SSSR count). The molecule has 8 aromatic carbocycles. The molecule has 26 nitrogen and oxygen atoms in total. The molecule has 0 spiro atoms. The number of aromatic amines is 8. The number of rotatable bonds is 18. The van der Waals surface area contributed by atoms with E-state index in [9.17, 15) is 67.9 Å². The minimum atomic E-state index is -4.45. The average Bonchev–Trinajstić information content (AvgIpc) is 1.58. The normalized spacial score (nSPS) is 13.5. The maximum absolute atomic E-state index is 13.6. The number of piperidine rings is 1. The Bertz CT molecular complexity index is 7330. The molecule has 2 fully saturated rings. The first-order valence-electron chi connectivity index (χ1n) is 42.3. The molecule has 0 bridgehead atoms. The fourth-order valence-electron chi connectivity index (χ4n) is 16.4. The van der Waals surface area contributed by atoms with Crippen LogP contribution in [0.2, 0.25) is 5.02 Å². The summed E-state index contributed by atoms with van der Waals surface area (Å²) in [5, 5.41) is 17.3. The van der Waals surface area contributed by atoms with Crippen molar-refractivity contribution in [3.05, 3.63) is 327 Å². The van der Waals surface area contributed by atoms with Gasteiger partial charge in [-0.1, -0.05) is 96.5 Å². The highest BCUT2D eigenvalue weighted by molar-refractivity contribution is 6.31. The first kappa shape index (κ1) is 89.1. The number of ether oxygens (including phenoxy) is 1. The van der Waals surface area contributed by atoms with Crippen LogP contribution in [0.3, 0.4) is 0 Å². The number of hydrogen-bond donors (Lipinski definition) is 8. The van der Waals surface area contributed by atoms with Crippen molar-refractivity contribution in [1.82, 2.24) is 98.7 Å². The Hall–Kier alpha value is -14.9. The maximum atomic E-state index is 13.6. The van der Waals surface area contributed by atoms with Crippen LogP contribution < -0.4 is 22.2 Å². The molecule has 37 heteroatoms. The largest absolute Gasteiger partial charge is 0.416 e. The summed E-state index contributed by atoms with van der Waals surface area (Å²) >= 11 is 6.05. The number of H-pyrrole nitrogens is 8. The van der Waals surface area contributed by atoms with Crippen molar-refractivity contribution >= 4 is 61.6 Å². The monoisotopic (exact) mass is 1820 g/mol. The fourth-order valence-corrected chi connectivity index (χ4v) is 16.5. The number of aromatic nitrogens is 19. The quantitative estimate of drug-likeness (QED) is 0.0372. The van der Waals surface area contributed by atoms with Crippen LogP contribution in [0, 0.1) is 25.6 Å². The molecule has 0 saturated carbocycles. The van der Waals surface area contributed by atoms with E-state index in [1.165, 1.54) is 74.2 Å². The number of para-hydroxylation sites is 6. The minimum Gasteiger partial charge on any atom is -0.381 e. The van der Waals surface area contributed by atoms with Crippen LogP contribution in [-0.2, 0) is 60.3 Å². The Morgan fingerprint density at radius 2 is 0.864 bits per heavy atom. The predicted molar refractivity (Wildman–Crippen MR) is 479 cm³/mol. The molecule has 8 N–H and O–H groups in total. The number of benzene rings is 8. The number of imidazole rings is 4. The van der Waals surface area contributed by atoms with Crippen LogP contribution in [0.1, 0.15) is 101 Å². The molecule has 2 aliphatic heterocycles. The van der Waals surface area contributed by atoms with Crippen molar-refractivity contribution in [2.45, 2.75) is 110 Å². The lowest BCUT2D eigenvalue weighted by atomic mass is 9.88. The summed E-state index contributed by atoms with van der Waals surface area (Å²) in [5.41, 5.74) is 11.7. The van der Waals surface area contributed by atoms with Gasteiger partial charge in [0.1, 0.15) is 5.82 Å². The summed E-state index contributed by atoms with van der Waals surface area (Å²) in [4.78, 5) is 102. The number of halogens is 11. The number of likely N-dealkylation sites (tertiary alicyclic amines) is 1. The van der Waals surface area contributed by atoms with E-state index in [-0.39, 0.29) is 45.8 Å². The summed E-state index contributed by atoms with van der Waals surface area (Å²) < 4.78 is 143. The Labute approximate surface area is 747 Å². The molecule has 132 heavy (non-hydrogen) atoms. The summed E-state index contributed by atoms with van der Waals surface area (Å²) in [5.74, 6) is 1.32. The van der Waals surface area contributed by atoms with Gasteiger partial charge in [0.05, 0.1) is 89.3 Å². The number of amides is 1. The lowest BCUT2D eigenvalue weighted by molar-refractivity contribution is -0.138. The molecule has 2 aliphatic rings. The Morgan fingerprint density at radius 3 is 1.30 bits per heavy atom. The van der Waals surface area contributed by atoms with Crippen LogP contribution >= 0.6 is 11.6 Å². The Kier molecular flexibility index (Phi) is 25.1. The molecule has 0 unspecified atom stereocenters. The first-order chi connectivity index (χ1) is 63.4. The van der Waals surface area contributed by atoms with Crippen LogP contribution in [0.5, 0.6) is 0 Å². The number of aryl methyl sites for hydroxylation is 4. The predicted octanol–water partition coefficient (Wildman–Crippen LogP) is 19.0. The van der Waals surface area contributed by atoms with Crippen molar-refractivity contribution < 1.29 is 53.4 Å². The van der Waals surface area contributed by atoms with Gasteiger partial charge in [-0.15, -0.1) is 0 Å². The summed E-state index contributed by atoms with van der Waals surface area (Å²) in [6, 6.07) is 53.9. The van der Waals surface area contributed by atoms with E-state index in [4.69, 9.17) is 16.3 Å². The molecular weight excluding hydrogens is 1740 g/mol. The van der Waals surface area contributed by atoms with E-state index in [1.54, 1.807) is 52.3 Å². The number of nitrogens with zero attached hydrogens (tertiary/aromatic N) is 12. The molecule has 0 radical (unpaired) electrons. The fraction of sp³-hybridized carbons (Fsp3) is 0.232. The van der Waals surface area contributed by atoms with Crippen molar-refractivity contribution in [3.63, 3.8) is 0 Å². The third-order valence-electron chi connectivity index (χ3n) is 23.4. The van der Waals surface area contributed by atoms with E-state index < -0.39 is 35.2 Å². The highest BCUT2D eigenvalue weighted by atomic mass is 35.5. The smallest absolute Gasteiger partial charge is 0.381 e. The van der Waals surface area contributed by atoms with Crippen molar-refractivity contribution in [1.29, 1.82) is 0 Å². The standard InChI is InChI=1S/C24H22F3N5O2.C24H23F3N4O2.C24H20FN5O.C23H18ClF3N6O/c1-14(33)31-12-10-15(11-13-31)20-21(16-6-8-17(9-7-16)24(25,26)27)30-32(22(20)34)23-28-18-4-2-3-5-19(18)29-23;25-24(26,27)17-8-6-16(7-9-17)21-18(10-5-15-11-13-33-14-12-15)22(32)31(30-21)23-28-19-3-1-2-4-20(19)29-23;1-15-6-10-17(14-26-15)22-19(13-9-16-7-11-18(25)12-8-16)23(31)30(29-22)24-27-20-4-2-3-5-21(20)28-24;1-13-8-10-32(30-13)11-9-17-20(14-2-4-15(5-3-14)23(25,26)27)31-33(21(17)34)22-28-18-7-6-16(24)12-19(18)29-22/h2-9,15,30H,10-13H2,1H3,(H,28,29);1-4,6-9,15,30H,5,10-14H2,(H,28,29);2-8,10-12,14,29H,9,13H2,1H3,(H,27,28);2-8,10,12,31H,9,11H2,1H3,(H,28,29). The highest BCUT2D eigenvalue weighted by Gasteiger charge is 2.36. The zero-order valence-electron chi connectivity index (χ0n) is 70.8.